The van der Waals surface area contributed by atoms with Crippen molar-refractivity contribution >= 4 is 37.5 Å². The van der Waals surface area contributed by atoms with Crippen LogP contribution in [0, 0.1) is 6.92 Å². The van der Waals surface area contributed by atoms with Crippen molar-refractivity contribution in [2.75, 3.05) is 0 Å². The second-order valence-corrected chi connectivity index (χ2v) is 7.28. The maximum atomic E-state index is 12.6. The fourth-order valence-corrected chi connectivity index (χ4v) is 3.74. The molecule has 0 aliphatic rings. The summed E-state index contributed by atoms with van der Waals surface area (Å²) in [5, 5.41) is 2.50. The van der Waals surface area contributed by atoms with E-state index in [1.54, 1.807) is 0 Å². The molecule has 0 saturated heterocycles. The Balaban J connectivity index is 1.88. The molecule has 0 N–H and O–H groups in total. The molecule has 0 radical (unpaired) electrons. The maximum absolute atomic E-state index is 12.6. The van der Waals surface area contributed by atoms with Gasteiger partial charge in [-0.25, -0.2) is 9.78 Å². The predicted octanol–water partition coefficient (Wildman–Crippen LogP) is 5.65. The topological polar surface area (TPSA) is 43.1 Å². The summed E-state index contributed by atoms with van der Waals surface area (Å²) >= 11 is 4.88. The average molecular weight is 398 g/mol. The zero-order valence-corrected chi connectivity index (χ0v) is 15.1. The number of hydrogen-bond acceptors (Lipinski definition) is 4. The summed E-state index contributed by atoms with van der Waals surface area (Å²) in [6.45, 7) is 2.01. The van der Waals surface area contributed by atoms with Gasteiger partial charge in [0.25, 0.3) is 0 Å². The Morgan fingerprint density at radius 3 is 2.38 bits per heavy atom. The molecule has 5 heteroatoms. The molecule has 3 nitrogen and oxygen atoms in total. The van der Waals surface area contributed by atoms with Gasteiger partial charge >= 0.3 is 5.63 Å². The summed E-state index contributed by atoms with van der Waals surface area (Å²) in [6, 6.07) is 15.6. The van der Waals surface area contributed by atoms with Crippen LogP contribution in [0.3, 0.4) is 0 Å². The number of aryl methyl sites for hydroxylation is 1. The van der Waals surface area contributed by atoms with Crippen LogP contribution in [0.5, 0.6) is 0 Å². The van der Waals surface area contributed by atoms with Crippen LogP contribution >= 0.6 is 27.3 Å². The molecule has 0 bridgehead atoms. The van der Waals surface area contributed by atoms with Crippen molar-refractivity contribution < 1.29 is 4.42 Å². The zero-order chi connectivity index (χ0) is 16.7. The monoisotopic (exact) mass is 397 g/mol. The minimum atomic E-state index is -0.352. The molecule has 0 spiro atoms. The highest BCUT2D eigenvalue weighted by Gasteiger charge is 2.15. The predicted molar refractivity (Wildman–Crippen MR) is 101 cm³/mol. The van der Waals surface area contributed by atoms with Crippen molar-refractivity contribution in [3.63, 3.8) is 0 Å². The third-order valence-corrected chi connectivity index (χ3v) is 5.22. The number of thiophene rings is 1. The van der Waals surface area contributed by atoms with Crippen molar-refractivity contribution in [2.45, 2.75) is 6.92 Å². The van der Waals surface area contributed by atoms with Crippen molar-refractivity contribution in [3.8, 4) is 22.6 Å². The summed E-state index contributed by atoms with van der Waals surface area (Å²) in [5.41, 5.74) is 3.43. The van der Waals surface area contributed by atoms with Gasteiger partial charge in [-0.2, -0.15) is 0 Å². The Morgan fingerprint density at radius 1 is 1.00 bits per heavy atom. The number of aromatic nitrogens is 1. The molecular formula is C19H12BrNO2S. The third-order valence-electron chi connectivity index (χ3n) is 3.82. The van der Waals surface area contributed by atoms with Crippen LogP contribution in [0.15, 0.2) is 67.6 Å². The lowest BCUT2D eigenvalue weighted by Crippen LogP contribution is -2.02. The van der Waals surface area contributed by atoms with Gasteiger partial charge in [0, 0.05) is 21.0 Å². The molecule has 118 valence electrons. The Bertz CT molecular complexity index is 1080. The molecular weight excluding hydrogens is 386 g/mol. The van der Waals surface area contributed by atoms with Crippen LogP contribution in [0.25, 0.3) is 32.8 Å². The standard InChI is InChI=1S/C19H12BrNO2S/c1-11-2-4-13(5-3-11)17-21-18-16(19(22)23-17)15(10-24-18)12-6-8-14(20)9-7-12/h2-10H,1H3. The maximum Gasteiger partial charge on any atom is 0.348 e. The summed E-state index contributed by atoms with van der Waals surface area (Å²) in [7, 11) is 0. The van der Waals surface area contributed by atoms with E-state index >= 15 is 0 Å². The van der Waals surface area contributed by atoms with Crippen LogP contribution in [0.4, 0.5) is 0 Å². The van der Waals surface area contributed by atoms with Crippen LogP contribution in [0.2, 0.25) is 0 Å². The number of fused-ring (bicyclic) bond motifs is 1. The van der Waals surface area contributed by atoms with Crippen LogP contribution in [-0.2, 0) is 0 Å². The normalized spacial score (nSPS) is 11.1. The van der Waals surface area contributed by atoms with E-state index in [1.165, 1.54) is 11.3 Å². The molecule has 2 aromatic heterocycles. The first-order chi connectivity index (χ1) is 11.6. The van der Waals surface area contributed by atoms with E-state index in [1.807, 2.05) is 60.8 Å². The smallest absolute Gasteiger partial charge is 0.348 e. The largest absolute Gasteiger partial charge is 0.403 e. The van der Waals surface area contributed by atoms with Gasteiger partial charge in [-0.1, -0.05) is 45.8 Å². The highest BCUT2D eigenvalue weighted by Crippen LogP contribution is 2.32. The molecule has 0 fully saturated rings. The minimum Gasteiger partial charge on any atom is -0.403 e. The first-order valence-electron chi connectivity index (χ1n) is 7.37. The Labute approximate surface area is 150 Å². The van der Waals surface area contributed by atoms with Gasteiger partial charge in [-0.05, 0) is 36.8 Å². The zero-order valence-electron chi connectivity index (χ0n) is 12.7. The summed E-state index contributed by atoms with van der Waals surface area (Å²) in [5.74, 6) is 0.358. The summed E-state index contributed by atoms with van der Waals surface area (Å²) in [4.78, 5) is 17.8. The van der Waals surface area contributed by atoms with E-state index in [0.717, 1.165) is 26.7 Å². The third kappa shape index (κ3) is 2.70. The lowest BCUT2D eigenvalue weighted by Gasteiger charge is -2.02. The number of nitrogens with zero attached hydrogens (tertiary/aromatic N) is 1. The van der Waals surface area contributed by atoms with Crippen LogP contribution < -0.4 is 5.63 Å². The first-order valence-corrected chi connectivity index (χ1v) is 9.04. The van der Waals surface area contributed by atoms with Gasteiger partial charge in [0.1, 0.15) is 10.2 Å². The molecule has 2 heterocycles. The number of hydrogen-bond donors (Lipinski definition) is 0. The van der Waals surface area contributed by atoms with Gasteiger partial charge in [-0.3, -0.25) is 0 Å². The van der Waals surface area contributed by atoms with Gasteiger partial charge in [0.05, 0.1) is 0 Å². The van der Waals surface area contributed by atoms with Crippen molar-refractivity contribution in [1.29, 1.82) is 0 Å². The number of halogens is 1. The van der Waals surface area contributed by atoms with Crippen LogP contribution in [-0.4, -0.2) is 4.98 Å². The summed E-state index contributed by atoms with van der Waals surface area (Å²) < 4.78 is 6.49. The molecule has 2 aromatic carbocycles. The average Bonchev–Trinajstić information content (AvgIpc) is 3.01. The second kappa shape index (κ2) is 6.00. The minimum absolute atomic E-state index is 0.352. The Morgan fingerprint density at radius 2 is 1.67 bits per heavy atom. The molecule has 0 unspecified atom stereocenters. The lowest BCUT2D eigenvalue weighted by atomic mass is 10.1. The fraction of sp³-hybridized carbons (Fsp3) is 0.0526. The molecule has 0 amide bonds. The van der Waals surface area contributed by atoms with E-state index in [4.69, 9.17) is 4.42 Å². The van der Waals surface area contributed by atoms with Gasteiger partial charge in [-0.15, -0.1) is 11.3 Å². The van der Waals surface area contributed by atoms with E-state index in [-0.39, 0.29) is 5.63 Å². The molecule has 24 heavy (non-hydrogen) atoms. The van der Waals surface area contributed by atoms with E-state index < -0.39 is 0 Å². The summed E-state index contributed by atoms with van der Waals surface area (Å²) in [6.07, 6.45) is 0. The van der Waals surface area contributed by atoms with Crippen molar-refractivity contribution in [3.05, 3.63) is 74.4 Å². The number of rotatable bonds is 2. The Kier molecular flexibility index (Phi) is 3.82. The lowest BCUT2D eigenvalue weighted by molar-refractivity contribution is 0.519. The molecule has 0 saturated carbocycles. The molecule has 0 atom stereocenters. The van der Waals surface area contributed by atoms with Crippen LogP contribution in [0.1, 0.15) is 5.56 Å². The van der Waals surface area contributed by atoms with Gasteiger partial charge in [0.2, 0.25) is 5.89 Å². The van der Waals surface area contributed by atoms with Crippen molar-refractivity contribution in [1.82, 2.24) is 4.98 Å². The SMILES string of the molecule is Cc1ccc(-c2nc3scc(-c4ccc(Br)cc4)c3c(=O)o2)cc1. The molecule has 0 aliphatic heterocycles. The Hall–Kier alpha value is -2.24. The molecule has 0 aliphatic carbocycles. The first kappa shape index (κ1) is 15.3. The second-order valence-electron chi connectivity index (χ2n) is 5.51. The van der Waals surface area contributed by atoms with Gasteiger partial charge in [0.15, 0.2) is 0 Å². The molecule has 4 rings (SSSR count). The highest BCUT2D eigenvalue weighted by molar-refractivity contribution is 9.10. The number of benzene rings is 2. The van der Waals surface area contributed by atoms with Gasteiger partial charge < -0.3 is 4.42 Å². The van der Waals surface area contributed by atoms with E-state index in [2.05, 4.69) is 20.9 Å². The van der Waals surface area contributed by atoms with E-state index in [9.17, 15) is 4.79 Å². The molecule has 4 aromatic rings. The van der Waals surface area contributed by atoms with Crippen molar-refractivity contribution in [2.24, 2.45) is 0 Å². The van der Waals surface area contributed by atoms with E-state index in [0.29, 0.717) is 16.1 Å². The highest BCUT2D eigenvalue weighted by atomic mass is 79.9. The quantitative estimate of drug-likeness (QED) is 0.438. The fourth-order valence-electron chi connectivity index (χ4n) is 2.54.